The van der Waals surface area contributed by atoms with Crippen LogP contribution < -0.4 is 10.6 Å². The Bertz CT molecular complexity index is 938. The summed E-state index contributed by atoms with van der Waals surface area (Å²) >= 11 is 0. The topological polar surface area (TPSA) is 71.3 Å². The predicted octanol–water partition coefficient (Wildman–Crippen LogP) is 3.26. The lowest BCUT2D eigenvalue weighted by Crippen LogP contribution is -2.31. The number of aromatic nitrogens is 3. The highest BCUT2D eigenvalue weighted by Crippen LogP contribution is 2.34. The van der Waals surface area contributed by atoms with Gasteiger partial charge in [0.15, 0.2) is 11.5 Å². The summed E-state index contributed by atoms with van der Waals surface area (Å²) in [6, 6.07) is 10.2. The minimum atomic E-state index is -4.53. The number of benzene rings is 1. The molecule has 6 nitrogen and oxygen atoms in total. The van der Waals surface area contributed by atoms with Crippen LogP contribution in [-0.2, 0) is 17.5 Å². The summed E-state index contributed by atoms with van der Waals surface area (Å²) < 4.78 is 40.8. The van der Waals surface area contributed by atoms with E-state index in [1.54, 1.807) is 6.92 Å². The number of rotatable bonds is 6. The second-order valence-electron chi connectivity index (χ2n) is 6.12. The number of amides is 1. The molecule has 0 saturated carbocycles. The number of fused-ring (bicyclic) bond motifs is 1. The fourth-order valence-corrected chi connectivity index (χ4v) is 2.67. The van der Waals surface area contributed by atoms with Crippen molar-refractivity contribution in [3.63, 3.8) is 0 Å². The molecule has 9 heteroatoms. The third-order valence-electron chi connectivity index (χ3n) is 3.99. The highest BCUT2D eigenvalue weighted by atomic mass is 19.4. The fourth-order valence-electron chi connectivity index (χ4n) is 2.67. The number of hydrogen-bond acceptors (Lipinski definition) is 4. The molecule has 2 heterocycles. The van der Waals surface area contributed by atoms with E-state index in [4.69, 9.17) is 0 Å². The molecule has 27 heavy (non-hydrogen) atoms. The van der Waals surface area contributed by atoms with E-state index < -0.39 is 17.6 Å². The van der Waals surface area contributed by atoms with Gasteiger partial charge in [0.1, 0.15) is 0 Å². The lowest BCUT2D eigenvalue weighted by Gasteiger charge is -2.16. The first kappa shape index (κ1) is 18.8. The summed E-state index contributed by atoms with van der Waals surface area (Å²) in [6.45, 7) is 2.15. The van der Waals surface area contributed by atoms with Crippen LogP contribution >= 0.6 is 0 Å². The standard InChI is InChI=1S/C18H18F3N5O/c1-12(22-11-16-25-24-15-8-4-5-9-26(15)16)10-17(27)23-14-7-3-2-6-13(14)18(19,20)21/h2-9,12,22H,10-11H2,1H3,(H,23,27). The van der Waals surface area contributed by atoms with Crippen molar-refractivity contribution in [2.45, 2.75) is 32.1 Å². The summed E-state index contributed by atoms with van der Waals surface area (Å²) in [4.78, 5) is 12.1. The van der Waals surface area contributed by atoms with Gasteiger partial charge in [0.2, 0.25) is 5.91 Å². The van der Waals surface area contributed by atoms with Crippen molar-refractivity contribution in [3.05, 3.63) is 60.0 Å². The first-order valence-electron chi connectivity index (χ1n) is 8.32. The van der Waals surface area contributed by atoms with Crippen LogP contribution in [0.2, 0.25) is 0 Å². The maximum atomic E-state index is 13.0. The van der Waals surface area contributed by atoms with E-state index in [0.29, 0.717) is 18.0 Å². The van der Waals surface area contributed by atoms with Gasteiger partial charge in [-0.05, 0) is 31.2 Å². The number of anilines is 1. The van der Waals surface area contributed by atoms with Crippen LogP contribution in [0.4, 0.5) is 18.9 Å². The van der Waals surface area contributed by atoms with Crippen LogP contribution in [0.5, 0.6) is 0 Å². The van der Waals surface area contributed by atoms with Gasteiger partial charge in [-0.3, -0.25) is 9.20 Å². The Morgan fingerprint density at radius 2 is 1.89 bits per heavy atom. The molecule has 1 aromatic carbocycles. The average molecular weight is 377 g/mol. The summed E-state index contributed by atoms with van der Waals surface area (Å²) in [7, 11) is 0. The summed E-state index contributed by atoms with van der Waals surface area (Å²) in [5.41, 5.74) is -0.400. The van der Waals surface area contributed by atoms with Gasteiger partial charge >= 0.3 is 6.18 Å². The van der Waals surface area contributed by atoms with Gasteiger partial charge in [-0.1, -0.05) is 18.2 Å². The van der Waals surface area contributed by atoms with E-state index in [1.165, 1.54) is 18.2 Å². The van der Waals surface area contributed by atoms with Gasteiger partial charge in [-0.2, -0.15) is 13.2 Å². The first-order valence-corrected chi connectivity index (χ1v) is 8.32. The lowest BCUT2D eigenvalue weighted by molar-refractivity contribution is -0.137. The molecule has 0 fully saturated rings. The Hall–Kier alpha value is -2.94. The van der Waals surface area contributed by atoms with E-state index >= 15 is 0 Å². The van der Waals surface area contributed by atoms with E-state index in [9.17, 15) is 18.0 Å². The molecule has 0 aliphatic carbocycles. The molecule has 3 rings (SSSR count). The second kappa shape index (κ2) is 7.75. The zero-order valence-corrected chi connectivity index (χ0v) is 14.5. The number of hydrogen-bond donors (Lipinski definition) is 2. The number of halogens is 3. The first-order chi connectivity index (χ1) is 12.8. The Balaban J connectivity index is 1.57. The molecule has 3 aromatic rings. The second-order valence-corrected chi connectivity index (χ2v) is 6.12. The molecule has 0 aliphatic rings. The minimum Gasteiger partial charge on any atom is -0.325 e. The molecule has 0 radical (unpaired) electrons. The van der Waals surface area contributed by atoms with E-state index in [2.05, 4.69) is 20.8 Å². The summed E-state index contributed by atoms with van der Waals surface area (Å²) in [6.07, 6.45) is -2.68. The molecular formula is C18H18F3N5O. The van der Waals surface area contributed by atoms with E-state index in [0.717, 1.165) is 6.07 Å². The molecule has 0 bridgehead atoms. The Labute approximate surface area is 153 Å². The monoisotopic (exact) mass is 377 g/mol. The Kier molecular flexibility index (Phi) is 5.41. The average Bonchev–Trinajstić information content (AvgIpc) is 3.02. The third-order valence-corrected chi connectivity index (χ3v) is 3.99. The van der Waals surface area contributed by atoms with Crippen LogP contribution in [0.3, 0.4) is 0 Å². The van der Waals surface area contributed by atoms with Crippen molar-refractivity contribution >= 4 is 17.2 Å². The normalized spacial score (nSPS) is 12.9. The van der Waals surface area contributed by atoms with Crippen LogP contribution in [0.15, 0.2) is 48.7 Å². The summed E-state index contributed by atoms with van der Waals surface area (Å²) in [5.74, 6) is 0.179. The van der Waals surface area contributed by atoms with Crippen LogP contribution in [-0.4, -0.2) is 26.5 Å². The molecule has 2 aromatic heterocycles. The number of nitrogens with zero attached hydrogens (tertiary/aromatic N) is 3. The number of para-hydroxylation sites is 1. The van der Waals surface area contributed by atoms with E-state index in [-0.39, 0.29) is 18.2 Å². The van der Waals surface area contributed by atoms with E-state index in [1.807, 2.05) is 28.8 Å². The molecule has 0 spiro atoms. The van der Waals surface area contributed by atoms with Gasteiger partial charge in [0.25, 0.3) is 0 Å². The minimum absolute atomic E-state index is 0.0168. The molecule has 142 valence electrons. The smallest absolute Gasteiger partial charge is 0.325 e. The molecule has 0 aliphatic heterocycles. The summed E-state index contributed by atoms with van der Waals surface area (Å²) in [5, 5.41) is 13.6. The lowest BCUT2D eigenvalue weighted by atomic mass is 10.1. The van der Waals surface area contributed by atoms with Crippen molar-refractivity contribution in [1.82, 2.24) is 19.9 Å². The van der Waals surface area contributed by atoms with Crippen molar-refractivity contribution < 1.29 is 18.0 Å². The molecule has 1 amide bonds. The van der Waals surface area contributed by atoms with Crippen molar-refractivity contribution in [2.24, 2.45) is 0 Å². The van der Waals surface area contributed by atoms with Gasteiger partial charge in [0, 0.05) is 18.7 Å². The number of pyridine rings is 1. The Morgan fingerprint density at radius 1 is 1.15 bits per heavy atom. The maximum Gasteiger partial charge on any atom is 0.418 e. The fraction of sp³-hybridized carbons (Fsp3) is 0.278. The zero-order valence-electron chi connectivity index (χ0n) is 14.5. The third kappa shape index (κ3) is 4.62. The molecular weight excluding hydrogens is 359 g/mol. The maximum absolute atomic E-state index is 13.0. The van der Waals surface area contributed by atoms with Gasteiger partial charge in [-0.25, -0.2) is 0 Å². The van der Waals surface area contributed by atoms with Gasteiger partial charge in [0.05, 0.1) is 17.8 Å². The SMILES string of the molecule is CC(CC(=O)Nc1ccccc1C(F)(F)F)NCc1nnc2ccccn12. The zero-order chi connectivity index (χ0) is 19.4. The molecule has 1 atom stereocenters. The predicted molar refractivity (Wildman–Crippen MR) is 94.0 cm³/mol. The molecule has 2 N–H and O–H groups in total. The van der Waals surface area contributed by atoms with Crippen molar-refractivity contribution in [1.29, 1.82) is 0 Å². The quantitative estimate of drug-likeness (QED) is 0.692. The van der Waals surface area contributed by atoms with Gasteiger partial charge < -0.3 is 10.6 Å². The van der Waals surface area contributed by atoms with Crippen molar-refractivity contribution in [2.75, 3.05) is 5.32 Å². The number of carbonyl (C=O) groups excluding carboxylic acids is 1. The molecule has 1 unspecified atom stereocenters. The highest BCUT2D eigenvalue weighted by molar-refractivity contribution is 5.92. The number of alkyl halides is 3. The largest absolute Gasteiger partial charge is 0.418 e. The van der Waals surface area contributed by atoms with Crippen LogP contribution in [0.1, 0.15) is 24.7 Å². The van der Waals surface area contributed by atoms with Crippen molar-refractivity contribution in [3.8, 4) is 0 Å². The number of carbonyl (C=O) groups is 1. The Morgan fingerprint density at radius 3 is 2.67 bits per heavy atom. The number of nitrogens with one attached hydrogen (secondary N) is 2. The highest BCUT2D eigenvalue weighted by Gasteiger charge is 2.33. The molecule has 0 saturated heterocycles. The van der Waals surface area contributed by atoms with Gasteiger partial charge in [-0.15, -0.1) is 10.2 Å². The van der Waals surface area contributed by atoms with Crippen LogP contribution in [0.25, 0.3) is 5.65 Å². The van der Waals surface area contributed by atoms with Crippen LogP contribution in [0, 0.1) is 0 Å².